The molecular weight excluding hydrogens is 288 g/mol. The molecule has 2 amide bonds. The summed E-state index contributed by atoms with van der Waals surface area (Å²) < 4.78 is 5.39. The van der Waals surface area contributed by atoms with E-state index in [-0.39, 0.29) is 12.5 Å². The maximum atomic E-state index is 11.6. The molecule has 1 aromatic carbocycles. The number of thiophene rings is 1. The molecule has 1 heterocycles. The van der Waals surface area contributed by atoms with Crippen LogP contribution in [0.1, 0.15) is 21.5 Å². The van der Waals surface area contributed by atoms with Gasteiger partial charge in [-0.05, 0) is 48.6 Å². The smallest absolute Gasteiger partial charge is 0.276 e. The molecule has 0 unspecified atom stereocenters. The number of rotatable bonds is 4. The molecule has 110 valence electrons. The van der Waals surface area contributed by atoms with E-state index in [2.05, 4.69) is 10.9 Å². The number of carbonyl (C=O) groups is 2. The third kappa shape index (κ3) is 4.61. The summed E-state index contributed by atoms with van der Waals surface area (Å²) in [5.74, 6) is -0.138. The van der Waals surface area contributed by atoms with Crippen LogP contribution in [0.5, 0.6) is 5.75 Å². The van der Waals surface area contributed by atoms with E-state index < -0.39 is 5.91 Å². The van der Waals surface area contributed by atoms with Crippen LogP contribution in [0.25, 0.3) is 0 Å². The average Bonchev–Trinajstić information content (AvgIpc) is 2.95. The van der Waals surface area contributed by atoms with Crippen LogP contribution in [0.3, 0.4) is 0 Å². The van der Waals surface area contributed by atoms with Crippen molar-refractivity contribution in [3.63, 3.8) is 0 Å². The van der Waals surface area contributed by atoms with Gasteiger partial charge in [-0.1, -0.05) is 6.07 Å². The Hall–Kier alpha value is -2.34. The number of hydrogen-bond acceptors (Lipinski definition) is 4. The molecule has 0 spiro atoms. The van der Waals surface area contributed by atoms with Crippen molar-refractivity contribution in [2.24, 2.45) is 0 Å². The van der Waals surface area contributed by atoms with E-state index >= 15 is 0 Å². The lowest BCUT2D eigenvalue weighted by molar-refractivity contribution is -0.123. The quantitative estimate of drug-likeness (QED) is 0.851. The van der Waals surface area contributed by atoms with Crippen molar-refractivity contribution in [2.75, 3.05) is 6.61 Å². The Morgan fingerprint density at radius 1 is 1.14 bits per heavy atom. The minimum atomic E-state index is -0.419. The van der Waals surface area contributed by atoms with Gasteiger partial charge in [0.1, 0.15) is 5.75 Å². The molecule has 0 radical (unpaired) electrons. The van der Waals surface area contributed by atoms with Crippen molar-refractivity contribution in [1.29, 1.82) is 0 Å². The highest BCUT2D eigenvalue weighted by molar-refractivity contribution is 7.08. The summed E-state index contributed by atoms with van der Waals surface area (Å²) in [7, 11) is 0. The van der Waals surface area contributed by atoms with Gasteiger partial charge >= 0.3 is 0 Å². The number of nitrogens with one attached hydrogen (secondary N) is 2. The Morgan fingerprint density at radius 3 is 2.48 bits per heavy atom. The van der Waals surface area contributed by atoms with Crippen LogP contribution in [-0.4, -0.2) is 18.4 Å². The van der Waals surface area contributed by atoms with Crippen molar-refractivity contribution < 1.29 is 14.3 Å². The second-order valence-electron chi connectivity index (χ2n) is 4.63. The molecule has 0 atom stereocenters. The molecule has 5 nitrogen and oxygen atoms in total. The van der Waals surface area contributed by atoms with E-state index in [9.17, 15) is 9.59 Å². The molecule has 0 saturated heterocycles. The Morgan fingerprint density at radius 2 is 1.86 bits per heavy atom. The topological polar surface area (TPSA) is 67.4 Å². The highest BCUT2D eigenvalue weighted by Crippen LogP contribution is 2.15. The molecule has 0 aliphatic heterocycles. The Bertz CT molecular complexity index is 618. The zero-order chi connectivity index (χ0) is 15.2. The first kappa shape index (κ1) is 15.1. The molecule has 2 aromatic rings. The van der Waals surface area contributed by atoms with Crippen molar-refractivity contribution in [2.45, 2.75) is 13.8 Å². The number of hydrazine groups is 1. The van der Waals surface area contributed by atoms with Gasteiger partial charge in [0.15, 0.2) is 6.61 Å². The Labute approximate surface area is 126 Å². The van der Waals surface area contributed by atoms with Crippen LogP contribution in [0, 0.1) is 13.8 Å². The van der Waals surface area contributed by atoms with E-state index in [1.165, 1.54) is 11.3 Å². The first-order valence-corrected chi connectivity index (χ1v) is 7.31. The first-order chi connectivity index (χ1) is 10.0. The monoisotopic (exact) mass is 304 g/mol. The molecule has 2 rings (SSSR count). The van der Waals surface area contributed by atoms with E-state index in [1.54, 1.807) is 16.8 Å². The molecule has 21 heavy (non-hydrogen) atoms. The average molecular weight is 304 g/mol. The fraction of sp³-hybridized carbons (Fsp3) is 0.200. The van der Waals surface area contributed by atoms with E-state index in [1.807, 2.05) is 32.0 Å². The van der Waals surface area contributed by atoms with Crippen LogP contribution < -0.4 is 15.6 Å². The lowest BCUT2D eigenvalue weighted by Gasteiger charge is -2.09. The predicted octanol–water partition coefficient (Wildman–Crippen LogP) is 2.20. The third-order valence-corrected chi connectivity index (χ3v) is 3.35. The summed E-state index contributed by atoms with van der Waals surface area (Å²) in [5, 5.41) is 3.49. The minimum Gasteiger partial charge on any atom is -0.484 e. The number of hydrogen-bond donors (Lipinski definition) is 2. The summed E-state index contributed by atoms with van der Waals surface area (Å²) in [6, 6.07) is 7.40. The molecule has 0 saturated carbocycles. The summed E-state index contributed by atoms with van der Waals surface area (Å²) in [6.07, 6.45) is 0. The van der Waals surface area contributed by atoms with E-state index in [4.69, 9.17) is 4.74 Å². The van der Waals surface area contributed by atoms with Crippen LogP contribution in [0.15, 0.2) is 35.0 Å². The van der Waals surface area contributed by atoms with Crippen molar-refractivity contribution >= 4 is 23.2 Å². The van der Waals surface area contributed by atoms with Crippen LogP contribution in [0.2, 0.25) is 0 Å². The van der Waals surface area contributed by atoms with Gasteiger partial charge in [0, 0.05) is 5.38 Å². The highest BCUT2D eigenvalue weighted by Gasteiger charge is 2.08. The maximum Gasteiger partial charge on any atom is 0.276 e. The molecule has 0 aliphatic carbocycles. The van der Waals surface area contributed by atoms with Crippen LogP contribution in [0.4, 0.5) is 0 Å². The molecular formula is C15H16N2O3S. The SMILES string of the molecule is Cc1cc(C)cc(OCC(=O)NNC(=O)c2ccsc2)c1. The fourth-order valence-corrected chi connectivity index (χ4v) is 2.43. The maximum absolute atomic E-state index is 11.6. The van der Waals surface area contributed by atoms with Gasteiger partial charge in [0.2, 0.25) is 0 Å². The lowest BCUT2D eigenvalue weighted by Crippen LogP contribution is -2.43. The lowest BCUT2D eigenvalue weighted by atomic mass is 10.1. The van der Waals surface area contributed by atoms with Gasteiger partial charge in [-0.3, -0.25) is 20.4 Å². The van der Waals surface area contributed by atoms with Crippen LogP contribution >= 0.6 is 11.3 Å². The minimum absolute atomic E-state index is 0.160. The normalized spacial score (nSPS) is 10.0. The zero-order valence-electron chi connectivity index (χ0n) is 11.8. The third-order valence-electron chi connectivity index (χ3n) is 2.66. The predicted molar refractivity (Wildman–Crippen MR) is 81.3 cm³/mol. The molecule has 6 heteroatoms. The van der Waals surface area contributed by atoms with Crippen LogP contribution in [-0.2, 0) is 4.79 Å². The zero-order valence-corrected chi connectivity index (χ0v) is 12.6. The second kappa shape index (κ2) is 6.90. The van der Waals surface area contributed by atoms with Crippen molar-refractivity contribution in [3.05, 3.63) is 51.7 Å². The van der Waals surface area contributed by atoms with Crippen molar-refractivity contribution in [1.82, 2.24) is 10.9 Å². The van der Waals surface area contributed by atoms with Gasteiger partial charge in [-0.2, -0.15) is 11.3 Å². The first-order valence-electron chi connectivity index (χ1n) is 6.37. The summed E-state index contributed by atoms with van der Waals surface area (Å²) in [5.41, 5.74) is 7.28. The Balaban J connectivity index is 1.78. The molecule has 0 aliphatic rings. The summed E-state index contributed by atoms with van der Waals surface area (Å²) >= 11 is 1.41. The standard InChI is InChI=1S/C15H16N2O3S/c1-10-5-11(2)7-13(6-10)20-8-14(18)16-17-15(19)12-3-4-21-9-12/h3-7,9H,8H2,1-2H3,(H,16,18)(H,17,19). The van der Waals surface area contributed by atoms with Gasteiger partial charge < -0.3 is 4.74 Å². The van der Waals surface area contributed by atoms with E-state index in [0.29, 0.717) is 11.3 Å². The largest absolute Gasteiger partial charge is 0.484 e. The number of aryl methyl sites for hydroxylation is 2. The van der Waals surface area contributed by atoms with Gasteiger partial charge in [-0.15, -0.1) is 0 Å². The second-order valence-corrected chi connectivity index (χ2v) is 5.41. The number of benzene rings is 1. The van der Waals surface area contributed by atoms with Gasteiger partial charge in [0.25, 0.3) is 11.8 Å². The van der Waals surface area contributed by atoms with Gasteiger partial charge in [0.05, 0.1) is 5.56 Å². The summed E-state index contributed by atoms with van der Waals surface area (Å²) in [6.45, 7) is 3.76. The molecule has 1 aromatic heterocycles. The number of ether oxygens (including phenoxy) is 1. The number of amides is 2. The Kier molecular flexibility index (Phi) is 4.94. The number of carbonyl (C=O) groups excluding carboxylic acids is 2. The molecule has 0 bridgehead atoms. The summed E-state index contributed by atoms with van der Waals surface area (Å²) in [4.78, 5) is 23.2. The molecule has 0 fully saturated rings. The highest BCUT2D eigenvalue weighted by atomic mass is 32.1. The van der Waals surface area contributed by atoms with Crippen molar-refractivity contribution in [3.8, 4) is 5.75 Å². The molecule has 2 N–H and O–H groups in total. The van der Waals surface area contributed by atoms with E-state index in [0.717, 1.165) is 11.1 Å². The fourth-order valence-electron chi connectivity index (χ4n) is 1.79. The van der Waals surface area contributed by atoms with Gasteiger partial charge in [-0.25, -0.2) is 0 Å².